The Balaban J connectivity index is 1.45. The molecule has 1 aliphatic rings. The topological polar surface area (TPSA) is 58.4 Å². The van der Waals surface area contributed by atoms with Gasteiger partial charge in [0, 0.05) is 25.7 Å². The zero-order valence-corrected chi connectivity index (χ0v) is 15.3. The molecule has 3 rings (SSSR count). The first-order chi connectivity index (χ1) is 12.0. The van der Waals surface area contributed by atoms with Crippen LogP contribution in [0.2, 0.25) is 0 Å². The van der Waals surface area contributed by atoms with Gasteiger partial charge in [0.1, 0.15) is 0 Å². The molecule has 1 saturated heterocycles. The highest BCUT2D eigenvalue weighted by molar-refractivity contribution is 5.91. The maximum atomic E-state index is 12.1. The molecule has 0 radical (unpaired) electrons. The predicted molar refractivity (Wildman–Crippen MR) is 97.9 cm³/mol. The summed E-state index contributed by atoms with van der Waals surface area (Å²) < 4.78 is 5.12. The van der Waals surface area contributed by atoms with Gasteiger partial charge < -0.3 is 14.7 Å². The number of hydrogen-bond donors (Lipinski definition) is 1. The lowest BCUT2D eigenvalue weighted by Gasteiger charge is -2.17. The lowest BCUT2D eigenvalue weighted by molar-refractivity contribution is 0.0912. The van der Waals surface area contributed by atoms with Crippen LogP contribution in [0, 0.1) is 6.92 Å². The van der Waals surface area contributed by atoms with Crippen LogP contribution in [-0.4, -0.2) is 42.1 Å². The van der Waals surface area contributed by atoms with Gasteiger partial charge in [-0.2, -0.15) is 0 Å². The molecule has 1 N–H and O–H groups in total. The molecule has 0 saturated carbocycles. The quantitative estimate of drug-likeness (QED) is 0.875. The summed E-state index contributed by atoms with van der Waals surface area (Å²) in [4.78, 5) is 14.5. The normalized spacial score (nSPS) is 18.0. The number of likely N-dealkylation sites (tertiary alicyclic amines) is 1. The van der Waals surface area contributed by atoms with Gasteiger partial charge in [0.05, 0.1) is 5.69 Å². The van der Waals surface area contributed by atoms with Gasteiger partial charge in [-0.15, -0.1) is 0 Å². The fourth-order valence-electron chi connectivity index (χ4n) is 3.42. The Bertz CT molecular complexity index is 723. The van der Waals surface area contributed by atoms with Gasteiger partial charge in [0.15, 0.2) is 0 Å². The molecule has 134 valence electrons. The standard InChI is InChI=1S/C20H27N3O2/c1-14(2)18-12-19(25-22-18)20(24)21-9-11-23-10-8-16(13-23)17-7-5-4-6-15(17)3/h4-7,12,14,16H,8-11,13H2,1-3H3,(H,21,24)/t16-/m0/s1. The van der Waals surface area contributed by atoms with E-state index in [1.807, 2.05) is 13.8 Å². The molecule has 1 aromatic carbocycles. The highest BCUT2D eigenvalue weighted by atomic mass is 16.5. The van der Waals surface area contributed by atoms with Crippen molar-refractivity contribution in [3.05, 3.63) is 52.9 Å². The first kappa shape index (κ1) is 17.7. The Morgan fingerprint density at radius 3 is 2.92 bits per heavy atom. The third-order valence-corrected chi connectivity index (χ3v) is 4.96. The van der Waals surface area contributed by atoms with Crippen molar-refractivity contribution < 1.29 is 9.32 Å². The number of nitrogens with zero attached hydrogens (tertiary/aromatic N) is 2. The van der Waals surface area contributed by atoms with Crippen molar-refractivity contribution in [1.82, 2.24) is 15.4 Å². The van der Waals surface area contributed by atoms with Crippen molar-refractivity contribution >= 4 is 5.91 Å². The molecule has 25 heavy (non-hydrogen) atoms. The minimum Gasteiger partial charge on any atom is -0.351 e. The van der Waals surface area contributed by atoms with E-state index in [2.05, 4.69) is 46.6 Å². The van der Waals surface area contributed by atoms with Crippen LogP contribution >= 0.6 is 0 Å². The maximum absolute atomic E-state index is 12.1. The zero-order valence-electron chi connectivity index (χ0n) is 15.3. The molecule has 0 aliphatic carbocycles. The molecule has 1 amide bonds. The van der Waals surface area contributed by atoms with Crippen molar-refractivity contribution in [2.24, 2.45) is 0 Å². The van der Waals surface area contributed by atoms with Crippen LogP contribution in [0.4, 0.5) is 0 Å². The monoisotopic (exact) mass is 341 g/mol. The van der Waals surface area contributed by atoms with Crippen molar-refractivity contribution in [1.29, 1.82) is 0 Å². The van der Waals surface area contributed by atoms with Crippen molar-refractivity contribution in [3.8, 4) is 0 Å². The summed E-state index contributed by atoms with van der Waals surface area (Å²) in [5.41, 5.74) is 3.64. The number of amides is 1. The summed E-state index contributed by atoms with van der Waals surface area (Å²) in [5, 5.41) is 6.86. The number of aryl methyl sites for hydroxylation is 1. The summed E-state index contributed by atoms with van der Waals surface area (Å²) in [6.45, 7) is 9.85. The molecule has 2 aromatic rings. The molecular formula is C20H27N3O2. The molecule has 5 heteroatoms. The highest BCUT2D eigenvalue weighted by Crippen LogP contribution is 2.28. The molecule has 1 aliphatic heterocycles. The van der Waals surface area contributed by atoms with E-state index in [-0.39, 0.29) is 11.8 Å². The number of hydrogen-bond acceptors (Lipinski definition) is 4. The van der Waals surface area contributed by atoms with Crippen LogP contribution in [0.15, 0.2) is 34.9 Å². The fraction of sp³-hybridized carbons (Fsp3) is 0.500. The van der Waals surface area contributed by atoms with Gasteiger partial charge in [0.25, 0.3) is 5.91 Å². The van der Waals surface area contributed by atoms with E-state index >= 15 is 0 Å². The SMILES string of the molecule is Cc1ccccc1[C@H]1CCN(CCNC(=O)c2cc(C(C)C)no2)C1. The van der Waals surface area contributed by atoms with Crippen molar-refractivity contribution in [3.63, 3.8) is 0 Å². The zero-order chi connectivity index (χ0) is 17.8. The van der Waals surface area contributed by atoms with E-state index in [1.54, 1.807) is 6.07 Å². The number of nitrogens with one attached hydrogen (secondary N) is 1. The van der Waals surface area contributed by atoms with Gasteiger partial charge in [-0.05, 0) is 42.9 Å². The number of benzene rings is 1. The molecule has 0 bridgehead atoms. The smallest absolute Gasteiger partial charge is 0.289 e. The third kappa shape index (κ3) is 4.28. The van der Waals surface area contributed by atoms with Crippen molar-refractivity contribution in [2.45, 2.75) is 39.0 Å². The van der Waals surface area contributed by atoms with Crippen LogP contribution in [0.3, 0.4) is 0 Å². The third-order valence-electron chi connectivity index (χ3n) is 4.96. The van der Waals surface area contributed by atoms with E-state index in [0.29, 0.717) is 18.2 Å². The minimum absolute atomic E-state index is 0.186. The first-order valence-electron chi connectivity index (χ1n) is 9.07. The lowest BCUT2D eigenvalue weighted by atomic mass is 9.94. The molecule has 0 spiro atoms. The summed E-state index contributed by atoms with van der Waals surface area (Å²) in [5.74, 6) is 0.963. The number of rotatable bonds is 6. The molecule has 1 atom stereocenters. The summed E-state index contributed by atoms with van der Waals surface area (Å²) >= 11 is 0. The Kier molecular flexibility index (Phi) is 5.53. The van der Waals surface area contributed by atoms with Crippen LogP contribution in [0.25, 0.3) is 0 Å². The molecule has 1 fully saturated rings. The van der Waals surface area contributed by atoms with Gasteiger partial charge in [-0.1, -0.05) is 43.3 Å². The van der Waals surface area contributed by atoms with Gasteiger partial charge in [-0.25, -0.2) is 0 Å². The average molecular weight is 341 g/mol. The number of carbonyl (C=O) groups excluding carboxylic acids is 1. The van der Waals surface area contributed by atoms with Crippen LogP contribution in [-0.2, 0) is 0 Å². The van der Waals surface area contributed by atoms with Gasteiger partial charge in [-0.3, -0.25) is 4.79 Å². The summed E-state index contributed by atoms with van der Waals surface area (Å²) in [6.07, 6.45) is 1.18. The predicted octanol–water partition coefficient (Wildman–Crippen LogP) is 3.33. The van der Waals surface area contributed by atoms with Crippen LogP contribution < -0.4 is 5.32 Å². The highest BCUT2D eigenvalue weighted by Gasteiger charge is 2.24. The summed E-state index contributed by atoms with van der Waals surface area (Å²) in [7, 11) is 0. The second-order valence-corrected chi connectivity index (χ2v) is 7.17. The van der Waals surface area contributed by atoms with E-state index < -0.39 is 0 Å². The Morgan fingerprint density at radius 2 is 2.20 bits per heavy atom. The maximum Gasteiger partial charge on any atom is 0.289 e. The lowest BCUT2D eigenvalue weighted by Crippen LogP contribution is -2.33. The fourth-order valence-corrected chi connectivity index (χ4v) is 3.42. The van der Waals surface area contributed by atoms with Gasteiger partial charge >= 0.3 is 0 Å². The molecule has 1 aromatic heterocycles. The summed E-state index contributed by atoms with van der Waals surface area (Å²) in [6, 6.07) is 10.4. The molecule has 5 nitrogen and oxygen atoms in total. The van der Waals surface area contributed by atoms with Crippen LogP contribution in [0.5, 0.6) is 0 Å². The Hall–Kier alpha value is -2.14. The Morgan fingerprint density at radius 1 is 1.40 bits per heavy atom. The van der Waals surface area contributed by atoms with E-state index in [9.17, 15) is 4.79 Å². The Labute approximate surface area is 149 Å². The number of aromatic nitrogens is 1. The second-order valence-electron chi connectivity index (χ2n) is 7.17. The first-order valence-corrected chi connectivity index (χ1v) is 9.07. The van der Waals surface area contributed by atoms with Crippen LogP contribution in [0.1, 0.15) is 59.5 Å². The largest absolute Gasteiger partial charge is 0.351 e. The molecule has 0 unspecified atom stereocenters. The molecule has 2 heterocycles. The van der Waals surface area contributed by atoms with E-state index in [4.69, 9.17) is 4.52 Å². The van der Waals surface area contributed by atoms with Gasteiger partial charge in [0.2, 0.25) is 5.76 Å². The number of carbonyl (C=O) groups is 1. The van der Waals surface area contributed by atoms with E-state index in [0.717, 1.165) is 25.3 Å². The molecular weight excluding hydrogens is 314 g/mol. The average Bonchev–Trinajstić information content (AvgIpc) is 3.25. The minimum atomic E-state index is -0.186. The second kappa shape index (κ2) is 7.83. The van der Waals surface area contributed by atoms with E-state index in [1.165, 1.54) is 17.5 Å². The van der Waals surface area contributed by atoms with Crippen molar-refractivity contribution in [2.75, 3.05) is 26.2 Å².